The Morgan fingerprint density at radius 2 is 1.65 bits per heavy atom. The van der Waals surface area contributed by atoms with Crippen molar-refractivity contribution < 1.29 is 13.9 Å². The summed E-state index contributed by atoms with van der Waals surface area (Å²) in [5.74, 6) is 0.255. The van der Waals surface area contributed by atoms with E-state index in [0.29, 0.717) is 17.3 Å². The molecule has 1 aliphatic rings. The van der Waals surface area contributed by atoms with Crippen LogP contribution in [0.3, 0.4) is 0 Å². The monoisotopic (exact) mass is 481 g/mol. The van der Waals surface area contributed by atoms with Crippen LogP contribution in [0.4, 0.5) is 15.8 Å². The maximum atomic E-state index is 13.9. The molecular formula is C27H29ClFN3O2. The summed E-state index contributed by atoms with van der Waals surface area (Å²) in [6, 6.07) is 18.4. The minimum atomic E-state index is -0.222. The Bertz CT molecular complexity index is 1120. The number of aryl methyl sites for hydroxylation is 2. The van der Waals surface area contributed by atoms with Gasteiger partial charge in [-0.2, -0.15) is 0 Å². The molecule has 1 aliphatic heterocycles. The minimum absolute atomic E-state index is 0.0772. The van der Waals surface area contributed by atoms with Gasteiger partial charge in [0.15, 0.2) is 6.61 Å². The van der Waals surface area contributed by atoms with Crippen molar-refractivity contribution in [1.29, 1.82) is 0 Å². The van der Waals surface area contributed by atoms with E-state index in [-0.39, 0.29) is 18.3 Å². The predicted molar refractivity (Wildman–Crippen MR) is 135 cm³/mol. The lowest BCUT2D eigenvalue weighted by Gasteiger charge is -2.36. The van der Waals surface area contributed by atoms with Gasteiger partial charge < -0.3 is 15.0 Å². The number of nitrogens with zero attached hydrogens (tertiary/aromatic N) is 2. The quantitative estimate of drug-likeness (QED) is 0.488. The number of anilines is 2. The smallest absolute Gasteiger partial charge is 0.262 e. The molecule has 0 aromatic heterocycles. The molecule has 3 aromatic carbocycles. The molecule has 0 saturated carbocycles. The molecule has 0 radical (unpaired) electrons. The zero-order valence-corrected chi connectivity index (χ0v) is 20.2. The normalized spacial score (nSPS) is 14.2. The third kappa shape index (κ3) is 6.07. The molecule has 0 spiro atoms. The summed E-state index contributed by atoms with van der Waals surface area (Å²) >= 11 is 6.18. The van der Waals surface area contributed by atoms with E-state index in [9.17, 15) is 9.18 Å². The Hall–Kier alpha value is -3.09. The molecule has 0 atom stereocenters. The maximum Gasteiger partial charge on any atom is 0.262 e. The van der Waals surface area contributed by atoms with Crippen LogP contribution in [-0.4, -0.2) is 43.6 Å². The summed E-state index contributed by atoms with van der Waals surface area (Å²) in [7, 11) is 0. The van der Waals surface area contributed by atoms with Gasteiger partial charge in [-0.05, 0) is 67.4 Å². The Morgan fingerprint density at radius 3 is 2.29 bits per heavy atom. The fraction of sp³-hybridized carbons (Fsp3) is 0.296. The molecule has 0 bridgehead atoms. The maximum absolute atomic E-state index is 13.9. The molecular weight excluding hydrogens is 453 g/mol. The van der Waals surface area contributed by atoms with Gasteiger partial charge in [0.25, 0.3) is 5.91 Å². The van der Waals surface area contributed by atoms with Gasteiger partial charge >= 0.3 is 0 Å². The predicted octanol–water partition coefficient (Wildman–Crippen LogP) is 5.44. The Balaban J connectivity index is 1.25. The number of hydrogen-bond acceptors (Lipinski definition) is 4. The number of benzene rings is 3. The van der Waals surface area contributed by atoms with Crippen molar-refractivity contribution in [1.82, 2.24) is 4.90 Å². The summed E-state index contributed by atoms with van der Waals surface area (Å²) < 4.78 is 19.5. The molecule has 7 heteroatoms. The van der Waals surface area contributed by atoms with Gasteiger partial charge in [0, 0.05) is 54.7 Å². The number of piperazine rings is 1. The number of rotatable bonds is 7. The molecule has 4 rings (SSSR count). The van der Waals surface area contributed by atoms with Crippen LogP contribution in [0.5, 0.6) is 5.75 Å². The number of amides is 1. The molecule has 1 amide bonds. The molecule has 1 heterocycles. The van der Waals surface area contributed by atoms with Crippen LogP contribution in [-0.2, 0) is 11.3 Å². The number of carbonyl (C=O) groups is 1. The summed E-state index contributed by atoms with van der Waals surface area (Å²) in [5.41, 5.74) is 4.40. The van der Waals surface area contributed by atoms with Crippen molar-refractivity contribution in [2.75, 3.05) is 43.0 Å². The third-order valence-electron chi connectivity index (χ3n) is 6.02. The summed E-state index contributed by atoms with van der Waals surface area (Å²) in [6.45, 7) is 7.85. The second-order valence-corrected chi connectivity index (χ2v) is 8.99. The van der Waals surface area contributed by atoms with Crippen LogP contribution in [0.25, 0.3) is 0 Å². The molecule has 178 valence electrons. The SMILES string of the molecule is Cc1cc(OCC(=O)Nc2ccc(N3CCN(Cc4ccccc4F)CC3)cc2)cc(C)c1Cl. The first kappa shape index (κ1) is 24.0. The van der Waals surface area contributed by atoms with E-state index in [1.54, 1.807) is 6.07 Å². The molecule has 3 aromatic rings. The highest BCUT2D eigenvalue weighted by molar-refractivity contribution is 6.32. The van der Waals surface area contributed by atoms with Gasteiger partial charge in [-0.3, -0.25) is 9.69 Å². The summed E-state index contributed by atoms with van der Waals surface area (Å²) in [5, 5.41) is 3.58. The lowest BCUT2D eigenvalue weighted by molar-refractivity contribution is -0.118. The molecule has 5 nitrogen and oxygen atoms in total. The highest BCUT2D eigenvalue weighted by atomic mass is 35.5. The van der Waals surface area contributed by atoms with E-state index in [2.05, 4.69) is 15.1 Å². The minimum Gasteiger partial charge on any atom is -0.484 e. The van der Waals surface area contributed by atoms with Gasteiger partial charge in [0.2, 0.25) is 0 Å². The van der Waals surface area contributed by atoms with E-state index >= 15 is 0 Å². The zero-order chi connectivity index (χ0) is 24.1. The molecule has 0 unspecified atom stereocenters. The van der Waals surface area contributed by atoms with Crippen LogP contribution in [0.2, 0.25) is 5.02 Å². The standard InChI is InChI=1S/C27H29ClFN3O2/c1-19-15-24(16-20(2)27(19)28)34-18-26(33)30-22-7-9-23(10-8-22)32-13-11-31(12-14-32)17-21-5-3-4-6-25(21)29/h3-10,15-16H,11-14,17-18H2,1-2H3,(H,30,33). The Morgan fingerprint density at radius 1 is 1.00 bits per heavy atom. The zero-order valence-electron chi connectivity index (χ0n) is 19.5. The average molecular weight is 482 g/mol. The number of hydrogen-bond donors (Lipinski definition) is 1. The first-order valence-electron chi connectivity index (χ1n) is 11.4. The van der Waals surface area contributed by atoms with Crippen molar-refractivity contribution in [3.63, 3.8) is 0 Å². The first-order valence-corrected chi connectivity index (χ1v) is 11.8. The van der Waals surface area contributed by atoms with E-state index in [4.69, 9.17) is 16.3 Å². The van der Waals surface area contributed by atoms with Crippen molar-refractivity contribution in [2.24, 2.45) is 0 Å². The van der Waals surface area contributed by atoms with E-state index in [0.717, 1.165) is 54.2 Å². The van der Waals surface area contributed by atoms with Gasteiger partial charge in [0.05, 0.1) is 0 Å². The van der Waals surface area contributed by atoms with Crippen molar-refractivity contribution in [3.8, 4) is 5.75 Å². The lowest BCUT2D eigenvalue weighted by atomic mass is 10.1. The van der Waals surface area contributed by atoms with E-state index < -0.39 is 0 Å². The van der Waals surface area contributed by atoms with Crippen LogP contribution in [0.1, 0.15) is 16.7 Å². The number of nitrogens with one attached hydrogen (secondary N) is 1. The van der Waals surface area contributed by atoms with Crippen LogP contribution >= 0.6 is 11.6 Å². The fourth-order valence-electron chi connectivity index (χ4n) is 4.12. The molecule has 0 aliphatic carbocycles. The topological polar surface area (TPSA) is 44.8 Å². The van der Waals surface area contributed by atoms with Crippen molar-refractivity contribution in [2.45, 2.75) is 20.4 Å². The van der Waals surface area contributed by atoms with Gasteiger partial charge in [-0.15, -0.1) is 0 Å². The number of ether oxygens (including phenoxy) is 1. The van der Waals surface area contributed by atoms with E-state index in [1.165, 1.54) is 6.07 Å². The third-order valence-corrected chi connectivity index (χ3v) is 6.62. The van der Waals surface area contributed by atoms with Crippen LogP contribution < -0.4 is 15.0 Å². The highest BCUT2D eigenvalue weighted by Crippen LogP contribution is 2.26. The molecule has 1 fully saturated rings. The first-order chi connectivity index (χ1) is 16.4. The van der Waals surface area contributed by atoms with Gasteiger partial charge in [-0.25, -0.2) is 4.39 Å². The lowest BCUT2D eigenvalue weighted by Crippen LogP contribution is -2.46. The Labute approximate surface area is 205 Å². The second kappa shape index (κ2) is 10.9. The molecule has 1 N–H and O–H groups in total. The number of carbonyl (C=O) groups excluding carboxylic acids is 1. The van der Waals surface area contributed by atoms with Crippen molar-refractivity contribution >= 4 is 28.9 Å². The van der Waals surface area contributed by atoms with E-state index in [1.807, 2.05) is 62.4 Å². The second-order valence-electron chi connectivity index (χ2n) is 8.61. The molecule has 34 heavy (non-hydrogen) atoms. The fourth-order valence-corrected chi connectivity index (χ4v) is 4.23. The Kier molecular flexibility index (Phi) is 7.70. The average Bonchev–Trinajstić information content (AvgIpc) is 2.83. The van der Waals surface area contributed by atoms with Gasteiger partial charge in [-0.1, -0.05) is 29.8 Å². The van der Waals surface area contributed by atoms with Crippen LogP contribution in [0, 0.1) is 19.7 Å². The highest BCUT2D eigenvalue weighted by Gasteiger charge is 2.18. The number of halogens is 2. The van der Waals surface area contributed by atoms with Crippen LogP contribution in [0.15, 0.2) is 60.7 Å². The largest absolute Gasteiger partial charge is 0.484 e. The van der Waals surface area contributed by atoms with Gasteiger partial charge in [0.1, 0.15) is 11.6 Å². The summed E-state index contributed by atoms with van der Waals surface area (Å²) in [4.78, 5) is 16.9. The summed E-state index contributed by atoms with van der Waals surface area (Å²) in [6.07, 6.45) is 0. The molecule has 1 saturated heterocycles. The van der Waals surface area contributed by atoms with Crippen molar-refractivity contribution in [3.05, 3.63) is 88.2 Å².